The molecular formula is C16H24O4. The predicted molar refractivity (Wildman–Crippen MR) is 74.1 cm³/mol. The summed E-state index contributed by atoms with van der Waals surface area (Å²) >= 11 is 0. The fourth-order valence-electron chi connectivity index (χ4n) is 4.78. The van der Waals surface area contributed by atoms with Gasteiger partial charge in [-0.1, -0.05) is 13.5 Å². The van der Waals surface area contributed by atoms with Crippen molar-refractivity contribution in [1.29, 1.82) is 0 Å². The lowest BCUT2D eigenvalue weighted by Gasteiger charge is -2.50. The molecular weight excluding hydrogens is 256 g/mol. The van der Waals surface area contributed by atoms with Crippen molar-refractivity contribution in [3.63, 3.8) is 0 Å². The summed E-state index contributed by atoms with van der Waals surface area (Å²) in [6.45, 7) is 8.15. The van der Waals surface area contributed by atoms with Crippen LogP contribution in [-0.2, 0) is 14.3 Å². The Labute approximate surface area is 120 Å². The highest BCUT2D eigenvalue weighted by Gasteiger charge is 2.78. The van der Waals surface area contributed by atoms with Crippen molar-refractivity contribution >= 4 is 5.97 Å². The molecule has 1 N–H and O–H groups in total. The lowest BCUT2D eigenvalue weighted by molar-refractivity contribution is -0.138. The summed E-state index contributed by atoms with van der Waals surface area (Å²) in [6, 6.07) is 0. The first-order valence-electron chi connectivity index (χ1n) is 7.45. The van der Waals surface area contributed by atoms with E-state index in [1.165, 1.54) is 7.11 Å². The number of methoxy groups -OCH3 is 1. The fraction of sp³-hybridized carbons (Fsp3) is 0.812. The zero-order valence-corrected chi connectivity index (χ0v) is 12.6. The number of esters is 1. The minimum atomic E-state index is -0.454. The molecule has 0 aromatic heterocycles. The van der Waals surface area contributed by atoms with Crippen LogP contribution in [0.25, 0.3) is 0 Å². The van der Waals surface area contributed by atoms with E-state index in [-0.39, 0.29) is 28.5 Å². The third-order valence-electron chi connectivity index (χ3n) is 6.20. The van der Waals surface area contributed by atoms with E-state index in [9.17, 15) is 9.90 Å². The Morgan fingerprint density at radius 3 is 2.75 bits per heavy atom. The summed E-state index contributed by atoms with van der Waals surface area (Å²) in [6.07, 6.45) is 4.00. The van der Waals surface area contributed by atoms with Gasteiger partial charge in [-0.15, -0.1) is 0 Å². The van der Waals surface area contributed by atoms with Crippen LogP contribution >= 0.6 is 0 Å². The van der Waals surface area contributed by atoms with Gasteiger partial charge in [0.25, 0.3) is 0 Å². The molecule has 3 unspecified atom stereocenters. The molecule has 2 aliphatic carbocycles. The molecule has 0 bridgehead atoms. The first-order chi connectivity index (χ1) is 9.30. The second-order valence-electron chi connectivity index (χ2n) is 7.10. The summed E-state index contributed by atoms with van der Waals surface area (Å²) in [4.78, 5) is 11.7. The molecule has 1 heterocycles. The van der Waals surface area contributed by atoms with Gasteiger partial charge in [0.15, 0.2) is 0 Å². The lowest BCUT2D eigenvalue weighted by Crippen LogP contribution is -2.56. The molecule has 3 rings (SSSR count). The molecule has 1 aliphatic heterocycles. The number of aliphatic hydroxyl groups excluding tert-OH is 1. The van der Waals surface area contributed by atoms with Crippen LogP contribution in [0.2, 0.25) is 0 Å². The van der Waals surface area contributed by atoms with E-state index in [4.69, 9.17) is 9.47 Å². The van der Waals surface area contributed by atoms with Gasteiger partial charge < -0.3 is 14.6 Å². The van der Waals surface area contributed by atoms with Crippen LogP contribution in [0.1, 0.15) is 46.0 Å². The standard InChI is InChI=1S/C16H24O4/c1-10(13(18)19-4)11-8-12(17)14(2)6-5-7-15(3)16(14,9-11)20-15/h11-12,17H,1,5-9H2,2-4H3/t11-,12?,14?,15+,16?/m1/s1. The summed E-state index contributed by atoms with van der Waals surface area (Å²) in [5, 5.41) is 10.7. The van der Waals surface area contributed by atoms with Crippen molar-refractivity contribution in [3.8, 4) is 0 Å². The summed E-state index contributed by atoms with van der Waals surface area (Å²) in [5.74, 6) is -0.425. The smallest absolute Gasteiger partial charge is 0.333 e. The van der Waals surface area contributed by atoms with Gasteiger partial charge in [0.2, 0.25) is 0 Å². The van der Waals surface area contributed by atoms with Crippen LogP contribution in [0, 0.1) is 11.3 Å². The molecule has 0 amide bonds. The SMILES string of the molecule is C=C(C(=O)OC)[C@@H]1CC(O)C2(C)CCC[C@]3(C)OC23C1. The largest absolute Gasteiger partial charge is 0.466 e. The molecule has 0 aromatic carbocycles. The normalized spacial score (nSPS) is 49.8. The Bertz CT molecular complexity index is 473. The second-order valence-corrected chi connectivity index (χ2v) is 7.10. The van der Waals surface area contributed by atoms with Crippen molar-refractivity contribution in [2.75, 3.05) is 7.11 Å². The molecule has 0 radical (unpaired) electrons. The third-order valence-corrected chi connectivity index (χ3v) is 6.20. The molecule has 3 fully saturated rings. The van der Waals surface area contributed by atoms with Gasteiger partial charge in [-0.25, -0.2) is 4.79 Å². The van der Waals surface area contributed by atoms with Crippen LogP contribution in [0.15, 0.2) is 12.2 Å². The topological polar surface area (TPSA) is 59.1 Å². The van der Waals surface area contributed by atoms with Gasteiger partial charge >= 0.3 is 5.97 Å². The van der Waals surface area contributed by atoms with Gasteiger partial charge in [0, 0.05) is 11.0 Å². The lowest BCUT2D eigenvalue weighted by atomic mass is 9.53. The Morgan fingerprint density at radius 1 is 1.40 bits per heavy atom. The third kappa shape index (κ3) is 1.52. The number of hydrogen-bond donors (Lipinski definition) is 1. The van der Waals surface area contributed by atoms with Gasteiger partial charge in [-0.2, -0.15) is 0 Å². The molecule has 5 atom stereocenters. The van der Waals surface area contributed by atoms with E-state index >= 15 is 0 Å². The van der Waals surface area contributed by atoms with Crippen LogP contribution in [-0.4, -0.2) is 35.5 Å². The maximum absolute atomic E-state index is 11.7. The molecule has 4 heteroatoms. The number of ether oxygens (including phenoxy) is 2. The highest BCUT2D eigenvalue weighted by molar-refractivity contribution is 5.88. The second kappa shape index (κ2) is 4.08. The van der Waals surface area contributed by atoms with Crippen LogP contribution in [0.3, 0.4) is 0 Å². The Balaban J connectivity index is 1.89. The maximum Gasteiger partial charge on any atom is 0.333 e. The van der Waals surface area contributed by atoms with Gasteiger partial charge in [0.05, 0.1) is 18.8 Å². The van der Waals surface area contributed by atoms with Crippen molar-refractivity contribution < 1.29 is 19.4 Å². The van der Waals surface area contributed by atoms with Crippen molar-refractivity contribution in [2.24, 2.45) is 11.3 Å². The zero-order valence-electron chi connectivity index (χ0n) is 12.6. The van der Waals surface area contributed by atoms with E-state index in [0.717, 1.165) is 25.7 Å². The molecule has 2 saturated carbocycles. The Kier molecular flexibility index (Phi) is 2.87. The molecule has 0 aromatic rings. The van der Waals surface area contributed by atoms with E-state index < -0.39 is 6.10 Å². The molecule has 1 saturated heterocycles. The van der Waals surface area contributed by atoms with E-state index in [2.05, 4.69) is 20.4 Å². The first kappa shape index (κ1) is 14.1. The molecule has 4 nitrogen and oxygen atoms in total. The number of hydrogen-bond acceptors (Lipinski definition) is 4. The summed E-state index contributed by atoms with van der Waals surface area (Å²) in [5.41, 5.74) is -0.174. The van der Waals surface area contributed by atoms with E-state index in [1.54, 1.807) is 0 Å². The van der Waals surface area contributed by atoms with Gasteiger partial charge in [-0.3, -0.25) is 0 Å². The van der Waals surface area contributed by atoms with Crippen molar-refractivity contribution in [2.45, 2.75) is 63.3 Å². The highest BCUT2D eigenvalue weighted by Crippen LogP contribution is 2.71. The number of rotatable bonds is 2. The minimum absolute atomic E-state index is 0.0505. The first-order valence-corrected chi connectivity index (χ1v) is 7.45. The highest BCUT2D eigenvalue weighted by atomic mass is 16.6. The van der Waals surface area contributed by atoms with Crippen LogP contribution in [0.4, 0.5) is 0 Å². The molecule has 1 spiro atoms. The van der Waals surface area contributed by atoms with Crippen LogP contribution in [0.5, 0.6) is 0 Å². The summed E-state index contributed by atoms with van der Waals surface area (Å²) < 4.78 is 10.9. The zero-order chi connectivity index (χ0) is 14.8. The number of carbonyl (C=O) groups is 1. The fourth-order valence-corrected chi connectivity index (χ4v) is 4.78. The molecule has 3 aliphatic rings. The predicted octanol–water partition coefficient (Wildman–Crippen LogP) is 2.20. The molecule has 20 heavy (non-hydrogen) atoms. The average molecular weight is 280 g/mol. The van der Waals surface area contributed by atoms with Crippen LogP contribution < -0.4 is 0 Å². The van der Waals surface area contributed by atoms with Gasteiger partial charge in [-0.05, 0) is 44.9 Å². The number of aliphatic hydroxyl groups is 1. The Morgan fingerprint density at radius 2 is 2.10 bits per heavy atom. The van der Waals surface area contributed by atoms with Crippen molar-refractivity contribution in [3.05, 3.63) is 12.2 Å². The number of carbonyl (C=O) groups excluding carboxylic acids is 1. The summed E-state index contributed by atoms with van der Waals surface area (Å²) in [7, 11) is 1.37. The molecule has 112 valence electrons. The Hall–Kier alpha value is -0.870. The minimum Gasteiger partial charge on any atom is -0.466 e. The van der Waals surface area contributed by atoms with E-state index in [0.29, 0.717) is 12.0 Å². The van der Waals surface area contributed by atoms with Gasteiger partial charge in [0.1, 0.15) is 5.60 Å². The quantitative estimate of drug-likeness (QED) is 0.478. The van der Waals surface area contributed by atoms with E-state index in [1.807, 2.05) is 0 Å². The van der Waals surface area contributed by atoms with Crippen molar-refractivity contribution in [1.82, 2.24) is 0 Å². The monoisotopic (exact) mass is 280 g/mol. The number of epoxide rings is 1. The average Bonchev–Trinajstić information content (AvgIpc) is 3.02. The maximum atomic E-state index is 11.7.